The number of amides is 2. The molecule has 0 aliphatic rings. The number of aliphatic hydroxyl groups excluding tert-OH is 4. The van der Waals surface area contributed by atoms with Gasteiger partial charge in [-0.15, -0.1) is 0 Å². The Hall–Kier alpha value is -9.32. The molecule has 8 rings (SSSR count). The lowest BCUT2D eigenvalue weighted by Gasteiger charge is -2.15. The highest BCUT2D eigenvalue weighted by molar-refractivity contribution is 5.90. The predicted molar refractivity (Wildman–Crippen MR) is 368 cm³/mol. The molecular weight excluding hydrogens is 1190 g/mol. The second-order valence-electron chi connectivity index (χ2n) is 23.1. The van der Waals surface area contributed by atoms with Crippen LogP contribution in [0, 0.1) is 27.7 Å². The Morgan fingerprint density at radius 3 is 1.05 bits per heavy atom. The smallest absolute Gasteiger partial charge is 0.308 e. The Kier molecular flexibility index (Phi) is 33.7. The summed E-state index contributed by atoms with van der Waals surface area (Å²) in [6.45, 7) is 15.3. The fraction of sp³-hybridized carbons (Fsp3) is 0.333. The van der Waals surface area contributed by atoms with E-state index in [0.717, 1.165) is 36.8 Å². The monoisotopic (exact) mass is 1280 g/mol. The highest BCUT2D eigenvalue weighted by Gasteiger charge is 2.15. The van der Waals surface area contributed by atoms with Crippen LogP contribution in [0.3, 0.4) is 0 Å². The average Bonchev–Trinajstić information content (AvgIpc) is 1.91. The normalized spacial score (nSPS) is 11.8. The zero-order valence-corrected chi connectivity index (χ0v) is 55.6. The minimum absolute atomic E-state index is 0.0806. The van der Waals surface area contributed by atoms with E-state index in [-0.39, 0.29) is 50.8 Å². The molecule has 2 amide bonds. The Balaban J connectivity index is 0.000000227. The van der Waals surface area contributed by atoms with E-state index < -0.39 is 30.4 Å². The van der Waals surface area contributed by atoms with Crippen molar-refractivity contribution in [3.8, 4) is 28.7 Å². The summed E-state index contributed by atoms with van der Waals surface area (Å²) in [5.74, 6) is 1.75. The highest BCUT2D eigenvalue weighted by Crippen LogP contribution is 2.28. The first-order chi connectivity index (χ1) is 45.2. The summed E-state index contributed by atoms with van der Waals surface area (Å²) in [4.78, 5) is 44.2. The maximum atomic E-state index is 11.2. The number of aryl methyl sites for hydroxylation is 8. The third-order valence-electron chi connectivity index (χ3n) is 14.5. The Bertz CT molecular complexity index is 3270. The molecule has 8 aromatic carbocycles. The van der Waals surface area contributed by atoms with E-state index in [1.54, 1.807) is 36.4 Å². The quantitative estimate of drug-likeness (QED) is 0.0182. The number of hydrogen-bond donors (Lipinski definition) is 6. The summed E-state index contributed by atoms with van der Waals surface area (Å²) < 4.78 is 32.7. The lowest BCUT2D eigenvalue weighted by atomic mass is 10.1. The van der Waals surface area contributed by atoms with Crippen LogP contribution in [0.4, 0.5) is 5.69 Å². The minimum Gasteiger partial charge on any atom is -0.491 e. The maximum Gasteiger partial charge on any atom is 0.308 e. The summed E-state index contributed by atoms with van der Waals surface area (Å²) in [7, 11) is 0. The van der Waals surface area contributed by atoms with Crippen LogP contribution in [0.25, 0.3) is 0 Å². The number of anilines is 1. The van der Waals surface area contributed by atoms with Gasteiger partial charge in [-0.25, -0.2) is 0 Å². The summed E-state index contributed by atoms with van der Waals surface area (Å²) in [6, 6.07) is 62.3. The molecule has 94 heavy (non-hydrogen) atoms. The summed E-state index contributed by atoms with van der Waals surface area (Å²) in [5, 5.41) is 45.9. The van der Waals surface area contributed by atoms with Gasteiger partial charge < -0.3 is 59.5 Å². The van der Waals surface area contributed by atoms with Crippen molar-refractivity contribution >= 4 is 29.4 Å². The van der Waals surface area contributed by atoms with Crippen LogP contribution in [-0.4, -0.2) is 95.0 Å². The number of benzene rings is 8. The van der Waals surface area contributed by atoms with Crippen molar-refractivity contribution in [2.45, 2.75) is 144 Å². The first-order valence-corrected chi connectivity index (χ1v) is 31.8. The first-order valence-electron chi connectivity index (χ1n) is 31.8. The van der Waals surface area contributed by atoms with Gasteiger partial charge in [0.2, 0.25) is 11.8 Å². The molecule has 4 atom stereocenters. The van der Waals surface area contributed by atoms with Crippen LogP contribution in [0.5, 0.6) is 28.7 Å². The number of carbonyl (C=O) groups is 4. The van der Waals surface area contributed by atoms with Gasteiger partial charge in [0, 0.05) is 45.4 Å². The second-order valence-corrected chi connectivity index (χ2v) is 23.1. The van der Waals surface area contributed by atoms with Gasteiger partial charge in [-0.3, -0.25) is 19.2 Å². The summed E-state index contributed by atoms with van der Waals surface area (Å²) in [5.41, 5.74) is 12.0. The van der Waals surface area contributed by atoms with Crippen LogP contribution in [-0.2, 0) is 62.7 Å². The average molecular weight is 1280 g/mol. The fourth-order valence-electron chi connectivity index (χ4n) is 9.08. The largest absolute Gasteiger partial charge is 0.491 e. The molecule has 0 aliphatic carbocycles. The van der Waals surface area contributed by atoms with Gasteiger partial charge in [0.05, 0.1) is 30.1 Å². The van der Waals surface area contributed by atoms with Gasteiger partial charge in [0.1, 0.15) is 50.3 Å². The van der Waals surface area contributed by atoms with Crippen molar-refractivity contribution in [3.63, 3.8) is 0 Å². The van der Waals surface area contributed by atoms with E-state index in [4.69, 9.17) is 28.4 Å². The van der Waals surface area contributed by atoms with Crippen molar-refractivity contribution < 1.29 is 68.0 Å². The molecule has 0 bridgehead atoms. The zero-order chi connectivity index (χ0) is 68.0. The predicted octanol–water partition coefficient (Wildman–Crippen LogP) is 13.1. The lowest BCUT2D eigenvalue weighted by Crippen LogP contribution is -2.21. The number of carbonyl (C=O) groups excluding carboxylic acids is 4. The number of aliphatic hydroxyl groups is 4. The summed E-state index contributed by atoms with van der Waals surface area (Å²) in [6.07, 6.45) is 3.53. The van der Waals surface area contributed by atoms with Gasteiger partial charge in [-0.2, -0.15) is 0 Å². The molecule has 0 heterocycles. The molecule has 0 aromatic heterocycles. The fourth-order valence-corrected chi connectivity index (χ4v) is 9.08. The van der Waals surface area contributed by atoms with Crippen molar-refractivity contribution in [2.75, 3.05) is 31.7 Å². The molecule has 6 N–H and O–H groups in total. The molecule has 0 saturated heterocycles. The Labute approximate surface area is 554 Å². The Morgan fingerprint density at radius 2 is 0.681 bits per heavy atom. The van der Waals surface area contributed by atoms with Crippen molar-refractivity contribution in [3.05, 3.63) is 250 Å². The molecule has 0 fully saturated rings. The standard InChI is InChI=1S/C20H25NO3.C20H24O4.C19H23NO3.C19H22O4/c1-15-7-9-17(10-8-15)11-12-19(23)14-24-20-6-4-3-5-18(20)13-21-16(2)22;1-15-7-9-17(10-8-15)11-12-19(22)14-24-20-6-4-3-5-18(20)13-23-16(2)21;1-14-7-9-16(10-8-14)11-12-17(22)13-23-19-6-4-3-5-18(19)20-15(2)21;1-14-7-9-16(10-8-14)11-12-17(21)13-22-18-5-3-4-6-19(18)23-15(2)20/h3-10,19,23H,11-14H2,1-2H3,(H,21,22);3-10,19,22H,11-14H2,1-2H3;3-10,17,22H,11-13H2,1-2H3,(H,20,21);3-10,17,21H,11-13H2,1-2H3. The number of nitrogens with one attached hydrogen (secondary N) is 2. The van der Waals surface area contributed by atoms with Gasteiger partial charge in [-0.05, 0) is 138 Å². The van der Waals surface area contributed by atoms with Crippen molar-refractivity contribution in [1.29, 1.82) is 0 Å². The number of hydrogen-bond acceptors (Lipinski definition) is 14. The van der Waals surface area contributed by atoms with Crippen LogP contribution in [0.1, 0.15) is 109 Å². The van der Waals surface area contributed by atoms with Crippen LogP contribution >= 0.6 is 0 Å². The zero-order valence-electron chi connectivity index (χ0n) is 55.6. The van der Waals surface area contributed by atoms with E-state index in [0.29, 0.717) is 66.7 Å². The van der Waals surface area contributed by atoms with Crippen LogP contribution in [0.2, 0.25) is 0 Å². The highest BCUT2D eigenvalue weighted by atomic mass is 16.6. The molecule has 0 aliphatic heterocycles. The minimum atomic E-state index is -0.582. The van der Waals surface area contributed by atoms with E-state index in [2.05, 4.69) is 128 Å². The molecule has 16 heteroatoms. The van der Waals surface area contributed by atoms with E-state index >= 15 is 0 Å². The van der Waals surface area contributed by atoms with Crippen LogP contribution in [0.15, 0.2) is 194 Å². The molecular formula is C78H94N2O14. The van der Waals surface area contributed by atoms with Gasteiger partial charge >= 0.3 is 11.9 Å². The maximum absolute atomic E-state index is 11.2. The SMILES string of the molecule is CC(=O)NCc1ccccc1OCC(O)CCc1ccc(C)cc1.CC(=O)Nc1ccccc1OCC(O)CCc1ccc(C)cc1.CC(=O)OCc1ccccc1OCC(O)CCc1ccc(C)cc1.CC(=O)Oc1ccccc1OCC(O)CCc1ccc(C)cc1. The molecule has 500 valence electrons. The van der Waals surface area contributed by atoms with E-state index in [9.17, 15) is 39.6 Å². The molecule has 0 spiro atoms. The molecule has 0 radical (unpaired) electrons. The molecule has 16 nitrogen and oxygen atoms in total. The number of rotatable bonds is 30. The van der Waals surface area contributed by atoms with E-state index in [1.165, 1.54) is 72.2 Å². The van der Waals surface area contributed by atoms with Gasteiger partial charge in [0.15, 0.2) is 11.5 Å². The van der Waals surface area contributed by atoms with Crippen molar-refractivity contribution in [1.82, 2.24) is 5.32 Å². The number of esters is 2. The number of ether oxygens (including phenoxy) is 6. The lowest BCUT2D eigenvalue weighted by molar-refractivity contribution is -0.142. The molecule has 4 unspecified atom stereocenters. The third-order valence-corrected chi connectivity index (χ3v) is 14.5. The number of para-hydroxylation sites is 6. The summed E-state index contributed by atoms with van der Waals surface area (Å²) >= 11 is 0. The second kappa shape index (κ2) is 42.0. The first kappa shape index (κ1) is 75.4. The molecule has 8 aromatic rings. The van der Waals surface area contributed by atoms with Gasteiger partial charge in [-0.1, -0.05) is 180 Å². The topological polar surface area (TPSA) is 229 Å². The Morgan fingerprint density at radius 1 is 0.362 bits per heavy atom. The van der Waals surface area contributed by atoms with E-state index in [1.807, 2.05) is 67.6 Å². The van der Waals surface area contributed by atoms with Crippen molar-refractivity contribution in [2.24, 2.45) is 0 Å². The third kappa shape index (κ3) is 31.3. The van der Waals surface area contributed by atoms with Crippen LogP contribution < -0.4 is 34.3 Å². The molecule has 0 saturated carbocycles. The van der Waals surface area contributed by atoms with Gasteiger partial charge in [0.25, 0.3) is 0 Å².